The molecular formula is C12H19N3S2. The Morgan fingerprint density at radius 2 is 2.41 bits per heavy atom. The van der Waals surface area contributed by atoms with Crippen molar-refractivity contribution in [3.63, 3.8) is 0 Å². The molecule has 0 spiro atoms. The third-order valence-electron chi connectivity index (χ3n) is 2.53. The number of thioether (sulfide) groups is 1. The van der Waals surface area contributed by atoms with Gasteiger partial charge in [-0.2, -0.15) is 0 Å². The van der Waals surface area contributed by atoms with Crippen molar-refractivity contribution in [1.82, 2.24) is 10.3 Å². The summed E-state index contributed by atoms with van der Waals surface area (Å²) in [5.74, 6) is 1.89. The van der Waals surface area contributed by atoms with Gasteiger partial charge in [-0.3, -0.25) is 4.99 Å². The van der Waals surface area contributed by atoms with Crippen LogP contribution in [0.1, 0.15) is 30.2 Å². The number of nitrogens with one attached hydrogen (secondary N) is 1. The van der Waals surface area contributed by atoms with Crippen LogP contribution in [0.2, 0.25) is 0 Å². The Bertz CT molecular complexity index is 398. The summed E-state index contributed by atoms with van der Waals surface area (Å²) in [7, 11) is 0. The maximum Gasteiger partial charge on any atom is 0.157 e. The fourth-order valence-corrected chi connectivity index (χ4v) is 3.53. The molecule has 1 aromatic rings. The first-order valence-corrected chi connectivity index (χ1v) is 7.79. The first kappa shape index (κ1) is 12.9. The van der Waals surface area contributed by atoms with Crippen molar-refractivity contribution in [3.05, 3.63) is 16.1 Å². The lowest BCUT2D eigenvalue weighted by atomic mass is 10.1. The van der Waals surface area contributed by atoms with E-state index < -0.39 is 0 Å². The third kappa shape index (κ3) is 4.00. The van der Waals surface area contributed by atoms with Crippen LogP contribution in [-0.2, 0) is 6.54 Å². The molecular weight excluding hydrogens is 250 g/mol. The average molecular weight is 269 g/mol. The Hall–Kier alpha value is -0.550. The van der Waals surface area contributed by atoms with Crippen LogP contribution in [0.15, 0.2) is 11.2 Å². The van der Waals surface area contributed by atoms with Crippen LogP contribution < -0.4 is 5.32 Å². The molecule has 0 saturated carbocycles. The van der Waals surface area contributed by atoms with E-state index in [1.54, 1.807) is 11.3 Å². The van der Waals surface area contributed by atoms with Crippen LogP contribution >= 0.6 is 23.1 Å². The first-order valence-electron chi connectivity index (χ1n) is 5.98. The van der Waals surface area contributed by atoms with Crippen LogP contribution in [0.3, 0.4) is 0 Å². The van der Waals surface area contributed by atoms with Crippen molar-refractivity contribution in [2.24, 2.45) is 10.9 Å². The molecule has 2 heterocycles. The minimum atomic E-state index is 0.594. The van der Waals surface area contributed by atoms with Crippen molar-refractivity contribution in [3.8, 4) is 0 Å². The summed E-state index contributed by atoms with van der Waals surface area (Å²) in [5, 5.41) is 5.68. The summed E-state index contributed by atoms with van der Waals surface area (Å²) in [5.41, 5.74) is 0. The van der Waals surface area contributed by atoms with Gasteiger partial charge in [0.1, 0.15) is 5.01 Å². The van der Waals surface area contributed by atoms with Gasteiger partial charge in [-0.15, -0.1) is 11.3 Å². The molecule has 1 saturated heterocycles. The van der Waals surface area contributed by atoms with Gasteiger partial charge in [-0.25, -0.2) is 4.98 Å². The zero-order chi connectivity index (χ0) is 12.3. The van der Waals surface area contributed by atoms with Crippen molar-refractivity contribution < 1.29 is 0 Å². The Balaban J connectivity index is 1.83. The molecule has 5 heteroatoms. The maximum absolute atomic E-state index is 4.58. The van der Waals surface area contributed by atoms with Crippen molar-refractivity contribution in [2.45, 2.75) is 39.8 Å². The Morgan fingerprint density at radius 3 is 3.06 bits per heavy atom. The van der Waals surface area contributed by atoms with Gasteiger partial charge in [-0.05, 0) is 19.3 Å². The van der Waals surface area contributed by atoms with Crippen LogP contribution in [-0.4, -0.2) is 21.9 Å². The highest BCUT2D eigenvalue weighted by atomic mass is 32.2. The van der Waals surface area contributed by atoms with Crippen LogP contribution in [0.25, 0.3) is 0 Å². The number of nitrogens with zero attached hydrogens (tertiary/aromatic N) is 2. The smallest absolute Gasteiger partial charge is 0.157 e. The van der Waals surface area contributed by atoms with Crippen LogP contribution in [0, 0.1) is 12.8 Å². The van der Waals surface area contributed by atoms with E-state index in [0.717, 1.165) is 21.8 Å². The monoisotopic (exact) mass is 269 g/mol. The summed E-state index contributed by atoms with van der Waals surface area (Å²) >= 11 is 3.56. The summed E-state index contributed by atoms with van der Waals surface area (Å²) in [6.45, 7) is 7.32. The predicted molar refractivity (Wildman–Crippen MR) is 76.8 cm³/mol. The minimum absolute atomic E-state index is 0.594. The Labute approximate surface area is 111 Å². The van der Waals surface area contributed by atoms with E-state index in [4.69, 9.17) is 0 Å². The lowest BCUT2D eigenvalue weighted by Gasteiger charge is -2.11. The van der Waals surface area contributed by atoms with Gasteiger partial charge in [0.05, 0.1) is 6.54 Å². The SMILES string of the molecule is Cc1cnc(CN=C2NC(CC(C)C)CS2)s1. The molecule has 94 valence electrons. The number of hydrogen-bond donors (Lipinski definition) is 1. The predicted octanol–water partition coefficient (Wildman–Crippen LogP) is 3.06. The second-order valence-corrected chi connectivity index (χ2v) is 7.10. The molecule has 0 aliphatic carbocycles. The lowest BCUT2D eigenvalue weighted by Crippen LogP contribution is -2.28. The summed E-state index contributed by atoms with van der Waals surface area (Å²) in [6.07, 6.45) is 3.14. The quantitative estimate of drug-likeness (QED) is 0.913. The molecule has 1 fully saturated rings. The molecule has 3 nitrogen and oxygen atoms in total. The lowest BCUT2D eigenvalue weighted by molar-refractivity contribution is 0.502. The van der Waals surface area contributed by atoms with E-state index in [2.05, 4.69) is 36.1 Å². The molecule has 1 aliphatic heterocycles. The van der Waals surface area contributed by atoms with Crippen molar-refractivity contribution >= 4 is 28.3 Å². The molecule has 0 aromatic carbocycles. The van der Waals surface area contributed by atoms with E-state index in [9.17, 15) is 0 Å². The molecule has 17 heavy (non-hydrogen) atoms. The molecule has 1 N–H and O–H groups in total. The van der Waals surface area contributed by atoms with E-state index in [1.807, 2.05) is 18.0 Å². The zero-order valence-electron chi connectivity index (χ0n) is 10.6. The van der Waals surface area contributed by atoms with E-state index in [-0.39, 0.29) is 0 Å². The number of aryl methyl sites for hydroxylation is 1. The molecule has 0 radical (unpaired) electrons. The molecule has 1 aliphatic rings. The molecule has 1 aromatic heterocycles. The maximum atomic E-state index is 4.58. The van der Waals surface area contributed by atoms with E-state index in [0.29, 0.717) is 12.6 Å². The Kier molecular flexibility index (Phi) is 4.45. The Morgan fingerprint density at radius 1 is 1.59 bits per heavy atom. The average Bonchev–Trinajstić information content (AvgIpc) is 2.84. The van der Waals surface area contributed by atoms with Gasteiger partial charge in [0.2, 0.25) is 0 Å². The van der Waals surface area contributed by atoms with Gasteiger partial charge in [0.15, 0.2) is 5.17 Å². The highest BCUT2D eigenvalue weighted by molar-refractivity contribution is 8.14. The number of aromatic nitrogens is 1. The number of thiazole rings is 1. The summed E-state index contributed by atoms with van der Waals surface area (Å²) in [6, 6.07) is 0.594. The fraction of sp³-hybridized carbons (Fsp3) is 0.667. The number of rotatable bonds is 4. The number of hydrogen-bond acceptors (Lipinski definition) is 4. The second-order valence-electron chi connectivity index (χ2n) is 4.77. The normalized spacial score (nSPS) is 22.4. The molecule has 0 amide bonds. The van der Waals surface area contributed by atoms with Gasteiger partial charge >= 0.3 is 0 Å². The minimum Gasteiger partial charge on any atom is -0.361 e. The highest BCUT2D eigenvalue weighted by Crippen LogP contribution is 2.20. The van der Waals surface area contributed by atoms with Crippen molar-refractivity contribution in [1.29, 1.82) is 0 Å². The standard InChI is InChI=1S/C12H19N3S2/c1-8(2)4-10-7-16-12(15-10)14-6-11-13-5-9(3)17-11/h5,8,10H,4,6-7H2,1-3H3,(H,14,15). The molecule has 1 atom stereocenters. The topological polar surface area (TPSA) is 37.3 Å². The zero-order valence-corrected chi connectivity index (χ0v) is 12.2. The third-order valence-corrected chi connectivity index (χ3v) is 4.52. The molecule has 0 bridgehead atoms. The molecule has 1 unspecified atom stereocenters. The largest absolute Gasteiger partial charge is 0.361 e. The van der Waals surface area contributed by atoms with Crippen molar-refractivity contribution in [2.75, 3.05) is 5.75 Å². The van der Waals surface area contributed by atoms with Gasteiger partial charge in [0, 0.05) is 22.9 Å². The fourth-order valence-electron chi connectivity index (χ4n) is 1.84. The van der Waals surface area contributed by atoms with E-state index in [1.165, 1.54) is 11.3 Å². The first-order chi connectivity index (χ1) is 8.13. The summed E-state index contributed by atoms with van der Waals surface area (Å²) < 4.78 is 0. The van der Waals surface area contributed by atoms with Gasteiger partial charge < -0.3 is 5.32 Å². The summed E-state index contributed by atoms with van der Waals surface area (Å²) in [4.78, 5) is 10.2. The van der Waals surface area contributed by atoms with Gasteiger partial charge in [-0.1, -0.05) is 25.6 Å². The second kappa shape index (κ2) is 5.87. The van der Waals surface area contributed by atoms with Crippen LogP contribution in [0.5, 0.6) is 0 Å². The van der Waals surface area contributed by atoms with Gasteiger partial charge in [0.25, 0.3) is 0 Å². The molecule has 2 rings (SSSR count). The number of amidine groups is 1. The van der Waals surface area contributed by atoms with E-state index >= 15 is 0 Å². The van der Waals surface area contributed by atoms with Crippen LogP contribution in [0.4, 0.5) is 0 Å². The highest BCUT2D eigenvalue weighted by Gasteiger charge is 2.20. The number of aliphatic imine (C=N–C) groups is 1.